The topological polar surface area (TPSA) is 72.8 Å². The number of ether oxygens (including phenoxy) is 1. The van der Waals surface area contributed by atoms with Crippen LogP contribution in [0, 0.1) is 0 Å². The summed E-state index contributed by atoms with van der Waals surface area (Å²) in [6, 6.07) is 21.8. The van der Waals surface area contributed by atoms with Gasteiger partial charge < -0.3 is 4.74 Å². The average molecular weight is 347 g/mol. The molecular formula is C20H17N3O3. The average Bonchev–Trinajstić information content (AvgIpc) is 2.70. The highest BCUT2D eigenvalue weighted by Gasteiger charge is 2.11. The number of hydrogen-bond donors (Lipinski definition) is 1. The second-order valence-electron chi connectivity index (χ2n) is 5.25. The molecule has 0 spiro atoms. The van der Waals surface area contributed by atoms with Gasteiger partial charge >= 0.3 is 6.09 Å². The molecule has 6 nitrogen and oxygen atoms in total. The molecular weight excluding hydrogens is 330 g/mol. The van der Waals surface area contributed by atoms with Crippen LogP contribution in [-0.2, 0) is 4.84 Å². The first-order valence-corrected chi connectivity index (χ1v) is 7.93. The Balaban J connectivity index is 1.76. The lowest BCUT2D eigenvalue weighted by Gasteiger charge is -2.07. The molecule has 0 fully saturated rings. The number of nitrogens with one attached hydrogen (secondary N) is 1. The molecule has 6 heteroatoms. The van der Waals surface area contributed by atoms with Gasteiger partial charge in [-0.05, 0) is 36.4 Å². The third-order valence-corrected chi connectivity index (χ3v) is 3.51. The minimum Gasteiger partial charge on any atom is -0.497 e. The van der Waals surface area contributed by atoms with Crippen LogP contribution in [0.4, 0.5) is 10.5 Å². The molecule has 0 bridgehead atoms. The van der Waals surface area contributed by atoms with E-state index in [1.54, 1.807) is 43.6 Å². The monoisotopic (exact) mass is 347 g/mol. The van der Waals surface area contributed by atoms with Crippen LogP contribution in [0.1, 0.15) is 11.3 Å². The number of anilines is 1. The predicted octanol–water partition coefficient (Wildman–Crippen LogP) is 4.09. The maximum Gasteiger partial charge on any atom is 0.437 e. The van der Waals surface area contributed by atoms with Gasteiger partial charge in [0.25, 0.3) is 0 Å². The van der Waals surface area contributed by atoms with E-state index >= 15 is 0 Å². The van der Waals surface area contributed by atoms with Crippen LogP contribution in [0.15, 0.2) is 84.1 Å². The normalized spacial score (nSPS) is 10.9. The quantitative estimate of drug-likeness (QED) is 0.429. The number of aromatic nitrogens is 1. The largest absolute Gasteiger partial charge is 0.497 e. The van der Waals surface area contributed by atoms with Crippen LogP contribution in [-0.4, -0.2) is 23.9 Å². The molecule has 1 heterocycles. The zero-order valence-electron chi connectivity index (χ0n) is 14.1. The Kier molecular flexibility index (Phi) is 5.57. The SMILES string of the molecule is COc1ccc(NC(=O)ON=C(c2ccccc2)c2ccccn2)cc1. The van der Waals surface area contributed by atoms with Gasteiger partial charge in [-0.15, -0.1) is 0 Å². The number of rotatable bonds is 5. The molecule has 2 aromatic carbocycles. The number of carbonyl (C=O) groups is 1. The molecule has 0 unspecified atom stereocenters. The Morgan fingerprint density at radius 3 is 2.35 bits per heavy atom. The summed E-state index contributed by atoms with van der Waals surface area (Å²) in [7, 11) is 1.58. The van der Waals surface area contributed by atoms with Crippen molar-refractivity contribution in [2.45, 2.75) is 0 Å². The maximum absolute atomic E-state index is 12.0. The summed E-state index contributed by atoms with van der Waals surface area (Å²) in [4.78, 5) is 21.4. The van der Waals surface area contributed by atoms with Gasteiger partial charge in [-0.2, -0.15) is 0 Å². The molecule has 0 aliphatic heterocycles. The van der Waals surface area contributed by atoms with Gasteiger partial charge in [0.2, 0.25) is 0 Å². The molecule has 26 heavy (non-hydrogen) atoms. The fourth-order valence-corrected chi connectivity index (χ4v) is 2.25. The van der Waals surface area contributed by atoms with Crippen molar-refractivity contribution in [2.75, 3.05) is 12.4 Å². The summed E-state index contributed by atoms with van der Waals surface area (Å²) in [5, 5.41) is 6.62. The van der Waals surface area contributed by atoms with Gasteiger partial charge in [0, 0.05) is 17.4 Å². The minimum atomic E-state index is -0.695. The van der Waals surface area contributed by atoms with E-state index < -0.39 is 6.09 Å². The van der Waals surface area contributed by atoms with Crippen LogP contribution in [0.25, 0.3) is 0 Å². The first kappa shape index (κ1) is 17.2. The van der Waals surface area contributed by atoms with Crippen molar-refractivity contribution in [3.05, 3.63) is 90.3 Å². The summed E-state index contributed by atoms with van der Waals surface area (Å²) in [6.45, 7) is 0. The summed E-state index contributed by atoms with van der Waals surface area (Å²) in [5.41, 5.74) is 2.44. The predicted molar refractivity (Wildman–Crippen MR) is 99.4 cm³/mol. The highest BCUT2D eigenvalue weighted by Crippen LogP contribution is 2.15. The number of carbonyl (C=O) groups excluding carboxylic acids is 1. The molecule has 130 valence electrons. The van der Waals surface area contributed by atoms with E-state index in [9.17, 15) is 4.79 Å². The fourth-order valence-electron chi connectivity index (χ4n) is 2.25. The van der Waals surface area contributed by atoms with Crippen LogP contribution in [0.2, 0.25) is 0 Å². The summed E-state index contributed by atoms with van der Waals surface area (Å²) in [5.74, 6) is 0.698. The van der Waals surface area contributed by atoms with Gasteiger partial charge in [0.05, 0.1) is 12.8 Å². The molecule has 1 aromatic heterocycles. The van der Waals surface area contributed by atoms with Crippen molar-refractivity contribution in [2.24, 2.45) is 5.16 Å². The first-order chi connectivity index (χ1) is 12.8. The molecule has 0 aliphatic rings. The van der Waals surface area contributed by atoms with E-state index in [2.05, 4.69) is 15.5 Å². The number of nitrogens with zero attached hydrogens (tertiary/aromatic N) is 2. The fraction of sp³-hybridized carbons (Fsp3) is 0.0500. The Bertz CT molecular complexity index is 838. The van der Waals surface area contributed by atoms with Gasteiger partial charge in [0.15, 0.2) is 0 Å². The highest BCUT2D eigenvalue weighted by atomic mass is 16.7. The summed E-state index contributed by atoms with van der Waals surface area (Å²) in [6.07, 6.45) is 0.963. The molecule has 1 amide bonds. The van der Waals surface area contributed by atoms with Crippen molar-refractivity contribution in [3.63, 3.8) is 0 Å². The lowest BCUT2D eigenvalue weighted by atomic mass is 10.1. The van der Waals surface area contributed by atoms with Gasteiger partial charge in [-0.25, -0.2) is 4.79 Å². The molecule has 0 atom stereocenters. The third kappa shape index (κ3) is 4.45. The Labute approximate surface area is 151 Å². The van der Waals surface area contributed by atoms with Crippen LogP contribution < -0.4 is 10.1 Å². The van der Waals surface area contributed by atoms with Crippen molar-refractivity contribution in [3.8, 4) is 5.75 Å². The summed E-state index contributed by atoms with van der Waals surface area (Å²) < 4.78 is 5.08. The van der Waals surface area contributed by atoms with Crippen LogP contribution in [0.5, 0.6) is 5.75 Å². The minimum absolute atomic E-state index is 0.469. The molecule has 0 saturated heterocycles. The number of pyridine rings is 1. The molecule has 0 saturated carbocycles. The van der Waals surface area contributed by atoms with E-state index in [1.807, 2.05) is 42.5 Å². The smallest absolute Gasteiger partial charge is 0.437 e. The molecule has 3 aromatic rings. The van der Waals surface area contributed by atoms with Crippen molar-refractivity contribution < 1.29 is 14.4 Å². The third-order valence-electron chi connectivity index (χ3n) is 3.51. The van der Waals surface area contributed by atoms with E-state index in [0.29, 0.717) is 22.8 Å². The number of amides is 1. The number of hydrogen-bond acceptors (Lipinski definition) is 5. The maximum atomic E-state index is 12.0. The summed E-state index contributed by atoms with van der Waals surface area (Å²) >= 11 is 0. The molecule has 0 radical (unpaired) electrons. The molecule has 1 N–H and O–H groups in total. The second-order valence-corrected chi connectivity index (χ2v) is 5.25. The standard InChI is InChI=1S/C20H17N3O3/c1-25-17-12-10-16(11-13-17)22-20(24)26-23-19(15-7-3-2-4-8-15)18-9-5-6-14-21-18/h2-14H,1H3,(H,22,24). The molecule has 0 aliphatic carbocycles. The van der Waals surface area contributed by atoms with E-state index in [0.717, 1.165) is 5.56 Å². The van der Waals surface area contributed by atoms with Crippen LogP contribution in [0.3, 0.4) is 0 Å². The van der Waals surface area contributed by atoms with Crippen molar-refractivity contribution in [1.29, 1.82) is 0 Å². The van der Waals surface area contributed by atoms with E-state index in [-0.39, 0.29) is 0 Å². The van der Waals surface area contributed by atoms with Crippen molar-refractivity contribution in [1.82, 2.24) is 4.98 Å². The lowest BCUT2D eigenvalue weighted by molar-refractivity contribution is 0.166. The van der Waals surface area contributed by atoms with Crippen LogP contribution >= 0.6 is 0 Å². The Hall–Kier alpha value is -3.67. The zero-order valence-corrected chi connectivity index (χ0v) is 14.1. The highest BCUT2D eigenvalue weighted by molar-refractivity contribution is 6.11. The first-order valence-electron chi connectivity index (χ1n) is 7.93. The Morgan fingerprint density at radius 1 is 0.962 bits per heavy atom. The zero-order chi connectivity index (χ0) is 18.2. The van der Waals surface area contributed by atoms with Crippen molar-refractivity contribution >= 4 is 17.5 Å². The number of oxime groups is 1. The Morgan fingerprint density at radius 2 is 1.69 bits per heavy atom. The number of methoxy groups -OCH3 is 1. The lowest BCUT2D eigenvalue weighted by Crippen LogP contribution is -2.13. The van der Waals surface area contributed by atoms with Gasteiger partial charge in [-0.1, -0.05) is 41.6 Å². The second kappa shape index (κ2) is 8.43. The van der Waals surface area contributed by atoms with Gasteiger partial charge in [0.1, 0.15) is 11.5 Å². The van der Waals surface area contributed by atoms with Gasteiger partial charge in [-0.3, -0.25) is 15.1 Å². The van der Waals surface area contributed by atoms with E-state index in [1.165, 1.54) is 0 Å². The van der Waals surface area contributed by atoms with E-state index in [4.69, 9.17) is 9.57 Å². The number of benzene rings is 2. The molecule has 3 rings (SSSR count).